The Labute approximate surface area is 200 Å². The standard InChI is InChI=1S/C25H24N4O2.O2S/c1-17-3-2-4-18(15-17)22-16-19-9-10-26-25(30)23(19)24(28-22)27-20-5-7-21(8-6-20)29-11-13-31-14-12-29;1-3-2/h2-10,15-16H,11-14H2,1H3,(H,26,30)(H,27,28);. The number of benzene rings is 2. The van der Waals surface area contributed by atoms with Crippen molar-refractivity contribution < 1.29 is 13.2 Å². The molecule has 34 heavy (non-hydrogen) atoms. The highest BCUT2D eigenvalue weighted by Gasteiger charge is 2.13. The topological polar surface area (TPSA) is 104 Å². The summed E-state index contributed by atoms with van der Waals surface area (Å²) < 4.78 is 22.0. The van der Waals surface area contributed by atoms with Gasteiger partial charge in [-0.1, -0.05) is 23.8 Å². The third kappa shape index (κ3) is 5.38. The fraction of sp³-hybridized carbons (Fsp3) is 0.200. The maximum atomic E-state index is 12.6. The Morgan fingerprint density at radius 2 is 1.76 bits per heavy atom. The number of aromatic amines is 1. The van der Waals surface area contributed by atoms with Crippen LogP contribution in [0.25, 0.3) is 22.0 Å². The van der Waals surface area contributed by atoms with Crippen LogP contribution in [0.2, 0.25) is 0 Å². The van der Waals surface area contributed by atoms with Gasteiger partial charge in [0, 0.05) is 36.2 Å². The molecule has 0 bridgehead atoms. The highest BCUT2D eigenvalue weighted by atomic mass is 32.1. The second-order valence-corrected chi connectivity index (χ2v) is 7.97. The largest absolute Gasteiger partial charge is 0.378 e. The number of anilines is 3. The Kier molecular flexibility index (Phi) is 7.46. The molecule has 3 heterocycles. The van der Waals surface area contributed by atoms with Crippen molar-refractivity contribution in [3.8, 4) is 11.3 Å². The third-order valence-corrected chi connectivity index (χ3v) is 5.57. The Morgan fingerprint density at radius 3 is 2.47 bits per heavy atom. The SMILES string of the molecule is Cc1cccc(-c2cc3cc[nH]c(=O)c3c(Nc3ccc(N4CCOCC4)cc3)n2)c1.O=S=O. The maximum Gasteiger partial charge on any atom is 0.335 e. The van der Waals surface area contributed by atoms with Crippen molar-refractivity contribution in [2.45, 2.75) is 6.92 Å². The van der Waals surface area contributed by atoms with Gasteiger partial charge in [-0.05, 0) is 54.8 Å². The van der Waals surface area contributed by atoms with Crippen molar-refractivity contribution in [2.24, 2.45) is 0 Å². The van der Waals surface area contributed by atoms with Crippen LogP contribution in [0.15, 0.2) is 71.7 Å². The van der Waals surface area contributed by atoms with Crippen molar-refractivity contribution in [3.05, 3.63) is 82.8 Å². The number of nitrogens with one attached hydrogen (secondary N) is 2. The first-order valence-corrected chi connectivity index (χ1v) is 11.5. The lowest BCUT2D eigenvalue weighted by Crippen LogP contribution is -2.36. The molecule has 1 saturated heterocycles. The number of nitrogens with zero attached hydrogens (tertiary/aromatic N) is 2. The number of hydrogen-bond acceptors (Lipinski definition) is 7. The summed E-state index contributed by atoms with van der Waals surface area (Å²) in [6.07, 6.45) is 1.67. The normalized spacial score (nSPS) is 13.1. The lowest BCUT2D eigenvalue weighted by Gasteiger charge is -2.28. The molecule has 2 N–H and O–H groups in total. The quantitative estimate of drug-likeness (QED) is 0.462. The van der Waals surface area contributed by atoms with Gasteiger partial charge in [0.05, 0.1) is 24.3 Å². The molecule has 9 heteroatoms. The van der Waals surface area contributed by atoms with Gasteiger partial charge in [-0.25, -0.2) is 4.98 Å². The third-order valence-electron chi connectivity index (χ3n) is 5.57. The molecule has 0 aliphatic carbocycles. The molecule has 4 aromatic rings. The molecule has 1 aliphatic rings. The fourth-order valence-corrected chi connectivity index (χ4v) is 3.97. The molecule has 174 valence electrons. The van der Waals surface area contributed by atoms with Crippen LogP contribution in [0.4, 0.5) is 17.2 Å². The van der Waals surface area contributed by atoms with Gasteiger partial charge in [0.25, 0.3) is 5.56 Å². The number of aryl methyl sites for hydroxylation is 1. The smallest absolute Gasteiger partial charge is 0.335 e. The Hall–Kier alpha value is -3.82. The van der Waals surface area contributed by atoms with Crippen molar-refractivity contribution in [1.82, 2.24) is 9.97 Å². The number of rotatable bonds is 4. The zero-order valence-electron chi connectivity index (χ0n) is 18.6. The number of morpholine rings is 1. The van der Waals surface area contributed by atoms with E-state index in [2.05, 4.69) is 46.4 Å². The molecular formula is C25H24N4O4S. The minimum atomic E-state index is -0.750. The average molecular weight is 477 g/mol. The van der Waals surface area contributed by atoms with Crippen molar-refractivity contribution >= 4 is 39.5 Å². The molecule has 5 rings (SSSR count). The molecule has 0 spiro atoms. The average Bonchev–Trinajstić information content (AvgIpc) is 2.85. The summed E-state index contributed by atoms with van der Waals surface area (Å²) in [7, 11) is 0. The molecule has 0 unspecified atom stereocenters. The summed E-state index contributed by atoms with van der Waals surface area (Å²) >= 11 is -0.750. The first kappa shape index (κ1) is 23.3. The minimum absolute atomic E-state index is 0.159. The molecule has 0 atom stereocenters. The molecule has 0 saturated carbocycles. The molecule has 0 amide bonds. The van der Waals surface area contributed by atoms with Gasteiger partial charge in [-0.2, -0.15) is 8.42 Å². The van der Waals surface area contributed by atoms with Gasteiger partial charge in [-0.3, -0.25) is 4.79 Å². The van der Waals surface area contributed by atoms with E-state index >= 15 is 0 Å². The van der Waals surface area contributed by atoms with E-state index in [9.17, 15) is 4.79 Å². The molecule has 2 aromatic carbocycles. The fourth-order valence-electron chi connectivity index (χ4n) is 3.97. The van der Waals surface area contributed by atoms with E-state index in [-0.39, 0.29) is 5.56 Å². The Morgan fingerprint density at radius 1 is 1.03 bits per heavy atom. The van der Waals surface area contributed by atoms with E-state index < -0.39 is 11.6 Å². The van der Waals surface area contributed by atoms with Crippen LogP contribution in [0.1, 0.15) is 5.56 Å². The van der Waals surface area contributed by atoms with Crippen LogP contribution in [0.5, 0.6) is 0 Å². The molecule has 8 nitrogen and oxygen atoms in total. The molecule has 1 fully saturated rings. The molecule has 2 aromatic heterocycles. The van der Waals surface area contributed by atoms with E-state index in [1.54, 1.807) is 6.20 Å². The van der Waals surface area contributed by atoms with Crippen LogP contribution < -0.4 is 15.8 Å². The van der Waals surface area contributed by atoms with Crippen molar-refractivity contribution in [3.63, 3.8) is 0 Å². The van der Waals surface area contributed by atoms with Crippen LogP contribution in [0.3, 0.4) is 0 Å². The van der Waals surface area contributed by atoms with Crippen LogP contribution in [-0.4, -0.2) is 44.7 Å². The number of aromatic nitrogens is 2. The number of ether oxygens (including phenoxy) is 1. The van der Waals surface area contributed by atoms with Gasteiger partial charge < -0.3 is 19.9 Å². The highest BCUT2D eigenvalue weighted by Crippen LogP contribution is 2.29. The van der Waals surface area contributed by atoms with Crippen LogP contribution in [0, 0.1) is 6.92 Å². The van der Waals surface area contributed by atoms with Crippen LogP contribution in [-0.2, 0) is 16.3 Å². The lowest BCUT2D eigenvalue weighted by atomic mass is 10.1. The minimum Gasteiger partial charge on any atom is -0.378 e. The number of fused-ring (bicyclic) bond motifs is 1. The first-order valence-electron chi connectivity index (χ1n) is 10.8. The van der Waals surface area contributed by atoms with E-state index in [1.807, 2.05) is 36.4 Å². The second-order valence-electron chi connectivity index (χ2n) is 7.84. The maximum absolute atomic E-state index is 12.6. The summed E-state index contributed by atoms with van der Waals surface area (Å²) in [4.78, 5) is 22.5. The molecule has 0 radical (unpaired) electrons. The monoisotopic (exact) mass is 476 g/mol. The number of pyridine rings is 2. The summed E-state index contributed by atoms with van der Waals surface area (Å²) in [5, 5.41) is 4.77. The number of H-pyrrole nitrogens is 1. The predicted molar refractivity (Wildman–Crippen MR) is 134 cm³/mol. The zero-order chi connectivity index (χ0) is 23.9. The van der Waals surface area contributed by atoms with Gasteiger partial charge in [0.2, 0.25) is 0 Å². The molecule has 1 aliphatic heterocycles. The van der Waals surface area contributed by atoms with Gasteiger partial charge in [-0.15, -0.1) is 0 Å². The summed E-state index contributed by atoms with van der Waals surface area (Å²) in [6, 6.07) is 20.3. The Bertz CT molecular complexity index is 1380. The molecular weight excluding hydrogens is 452 g/mol. The Balaban J connectivity index is 0.000000868. The van der Waals surface area contributed by atoms with E-state index in [4.69, 9.17) is 18.1 Å². The van der Waals surface area contributed by atoms with E-state index in [1.165, 1.54) is 5.56 Å². The second kappa shape index (κ2) is 10.9. The van der Waals surface area contributed by atoms with E-state index in [0.29, 0.717) is 11.2 Å². The lowest BCUT2D eigenvalue weighted by molar-refractivity contribution is 0.122. The van der Waals surface area contributed by atoms with Crippen molar-refractivity contribution in [2.75, 3.05) is 36.5 Å². The van der Waals surface area contributed by atoms with Gasteiger partial charge in [0.1, 0.15) is 5.82 Å². The van der Waals surface area contributed by atoms with Gasteiger partial charge in [0.15, 0.2) is 0 Å². The summed E-state index contributed by atoms with van der Waals surface area (Å²) in [5.74, 6) is 0.551. The zero-order valence-corrected chi connectivity index (χ0v) is 19.4. The highest BCUT2D eigenvalue weighted by molar-refractivity contribution is 7.51. The summed E-state index contributed by atoms with van der Waals surface area (Å²) in [6.45, 7) is 5.36. The predicted octanol–water partition coefficient (Wildman–Crippen LogP) is 3.81. The first-order chi connectivity index (χ1) is 16.6. The number of hydrogen-bond donors (Lipinski definition) is 2. The van der Waals surface area contributed by atoms with E-state index in [0.717, 1.165) is 54.3 Å². The van der Waals surface area contributed by atoms with Gasteiger partial charge >= 0.3 is 11.6 Å². The van der Waals surface area contributed by atoms with Crippen LogP contribution >= 0.6 is 0 Å². The van der Waals surface area contributed by atoms with Crippen molar-refractivity contribution in [1.29, 1.82) is 0 Å². The summed E-state index contributed by atoms with van der Waals surface area (Å²) in [5.41, 5.74) is 4.90.